The number of rotatable bonds is 4. The highest BCUT2D eigenvalue weighted by Gasteiger charge is 1.96. The van der Waals surface area contributed by atoms with Crippen molar-refractivity contribution in [2.45, 2.75) is 13.5 Å². The molecule has 0 aliphatic rings. The molecular weight excluding hydrogens is 221 g/mol. The van der Waals surface area contributed by atoms with Crippen molar-refractivity contribution < 1.29 is 0 Å². The van der Waals surface area contributed by atoms with Gasteiger partial charge in [-0.3, -0.25) is 0 Å². The van der Waals surface area contributed by atoms with Crippen LogP contribution in [0.3, 0.4) is 0 Å². The van der Waals surface area contributed by atoms with Crippen LogP contribution in [0.25, 0.3) is 0 Å². The molecule has 0 unspecified atom stereocenters. The summed E-state index contributed by atoms with van der Waals surface area (Å²) in [4.78, 5) is 8.23. The summed E-state index contributed by atoms with van der Waals surface area (Å²) in [5.74, 6) is 0.767. The number of aromatic nitrogens is 2. The summed E-state index contributed by atoms with van der Waals surface area (Å²) in [6.07, 6.45) is 1.73. The minimum absolute atomic E-state index is 0.550. The molecular formula is C9H11Cl2N3. The van der Waals surface area contributed by atoms with E-state index < -0.39 is 0 Å². The van der Waals surface area contributed by atoms with Gasteiger partial charge in [0.25, 0.3) is 0 Å². The van der Waals surface area contributed by atoms with Crippen molar-refractivity contribution in [3.05, 3.63) is 34.3 Å². The normalized spacial score (nSPS) is 11.8. The maximum absolute atomic E-state index is 5.70. The Morgan fingerprint density at radius 2 is 2.43 bits per heavy atom. The lowest BCUT2D eigenvalue weighted by Gasteiger charge is -2.02. The van der Waals surface area contributed by atoms with Crippen LogP contribution in [-0.4, -0.2) is 16.5 Å². The average molecular weight is 232 g/mol. The number of aryl methyl sites for hydroxylation is 1. The zero-order valence-corrected chi connectivity index (χ0v) is 9.31. The van der Waals surface area contributed by atoms with Crippen molar-refractivity contribution >= 4 is 23.2 Å². The monoisotopic (exact) mass is 231 g/mol. The number of nitrogens with one attached hydrogen (secondary N) is 1. The van der Waals surface area contributed by atoms with E-state index in [1.807, 2.05) is 13.0 Å². The number of nitrogens with zero attached hydrogens (tertiary/aromatic N) is 2. The molecule has 0 radical (unpaired) electrons. The second-order valence-corrected chi connectivity index (χ2v) is 3.46. The third-order valence-electron chi connectivity index (χ3n) is 1.55. The van der Waals surface area contributed by atoms with E-state index in [0.717, 1.165) is 11.5 Å². The minimum atomic E-state index is 0.550. The molecule has 0 atom stereocenters. The standard InChI is InChI=1S/C9H11Cl2N3/c1-7-13-3-2-9(14-7)6-12-5-8(11)4-10/h2-4,12H,5-6H2,1H3. The molecule has 0 bridgehead atoms. The van der Waals surface area contributed by atoms with E-state index in [1.54, 1.807) is 6.20 Å². The molecule has 1 aromatic rings. The zero-order chi connectivity index (χ0) is 10.4. The van der Waals surface area contributed by atoms with Gasteiger partial charge in [0.15, 0.2) is 0 Å². The van der Waals surface area contributed by atoms with Crippen LogP contribution in [0.1, 0.15) is 11.5 Å². The maximum atomic E-state index is 5.70. The van der Waals surface area contributed by atoms with Gasteiger partial charge in [-0.05, 0) is 13.0 Å². The highest BCUT2D eigenvalue weighted by Crippen LogP contribution is 2.01. The third kappa shape index (κ3) is 4.05. The maximum Gasteiger partial charge on any atom is 0.125 e. The Morgan fingerprint density at radius 3 is 3.07 bits per heavy atom. The summed E-state index contributed by atoms with van der Waals surface area (Å²) < 4.78 is 0. The van der Waals surface area contributed by atoms with Gasteiger partial charge in [-0.1, -0.05) is 23.2 Å². The van der Waals surface area contributed by atoms with Crippen LogP contribution in [-0.2, 0) is 6.54 Å². The predicted octanol–water partition coefficient (Wildman–Crippen LogP) is 2.19. The van der Waals surface area contributed by atoms with Gasteiger partial charge in [-0.2, -0.15) is 0 Å². The first kappa shape index (κ1) is 11.4. The van der Waals surface area contributed by atoms with E-state index in [2.05, 4.69) is 15.3 Å². The largest absolute Gasteiger partial charge is 0.306 e. The van der Waals surface area contributed by atoms with E-state index >= 15 is 0 Å². The van der Waals surface area contributed by atoms with Crippen molar-refractivity contribution in [1.82, 2.24) is 15.3 Å². The molecule has 5 heteroatoms. The molecule has 1 heterocycles. The van der Waals surface area contributed by atoms with Crippen LogP contribution < -0.4 is 5.32 Å². The van der Waals surface area contributed by atoms with Gasteiger partial charge in [0, 0.05) is 29.9 Å². The molecule has 0 amide bonds. The average Bonchev–Trinajstić information content (AvgIpc) is 2.17. The van der Waals surface area contributed by atoms with E-state index in [4.69, 9.17) is 23.2 Å². The molecule has 0 aliphatic carbocycles. The first-order valence-electron chi connectivity index (χ1n) is 4.16. The Hall–Kier alpha value is -0.640. The minimum Gasteiger partial charge on any atom is -0.306 e. The molecule has 0 fully saturated rings. The Kier molecular flexibility index (Phi) is 4.87. The molecule has 0 saturated heterocycles. The van der Waals surface area contributed by atoms with Crippen LogP contribution >= 0.6 is 23.2 Å². The molecule has 1 aromatic heterocycles. The van der Waals surface area contributed by atoms with Crippen molar-refractivity contribution in [2.24, 2.45) is 0 Å². The van der Waals surface area contributed by atoms with Crippen LogP contribution in [0, 0.1) is 6.92 Å². The SMILES string of the molecule is Cc1nccc(CNCC(Cl)=CCl)n1. The fraction of sp³-hybridized carbons (Fsp3) is 0.333. The van der Waals surface area contributed by atoms with Gasteiger partial charge >= 0.3 is 0 Å². The summed E-state index contributed by atoms with van der Waals surface area (Å²) >= 11 is 11.1. The molecule has 1 rings (SSSR count). The lowest BCUT2D eigenvalue weighted by molar-refractivity contribution is 0.728. The third-order valence-corrected chi connectivity index (χ3v) is 2.17. The fourth-order valence-corrected chi connectivity index (χ4v) is 1.12. The lowest BCUT2D eigenvalue weighted by atomic mass is 10.4. The summed E-state index contributed by atoms with van der Waals surface area (Å²) in [5.41, 5.74) is 2.29. The van der Waals surface area contributed by atoms with Crippen LogP contribution in [0.5, 0.6) is 0 Å². The second kappa shape index (κ2) is 5.96. The van der Waals surface area contributed by atoms with Gasteiger partial charge in [-0.25, -0.2) is 9.97 Å². The fourth-order valence-electron chi connectivity index (χ4n) is 0.952. The van der Waals surface area contributed by atoms with E-state index in [1.165, 1.54) is 5.54 Å². The quantitative estimate of drug-likeness (QED) is 0.864. The molecule has 76 valence electrons. The van der Waals surface area contributed by atoms with Crippen LogP contribution in [0.2, 0.25) is 0 Å². The molecule has 0 aliphatic heterocycles. The lowest BCUT2D eigenvalue weighted by Crippen LogP contribution is -2.16. The van der Waals surface area contributed by atoms with E-state index in [0.29, 0.717) is 18.1 Å². The highest BCUT2D eigenvalue weighted by atomic mass is 35.5. The topological polar surface area (TPSA) is 37.8 Å². The molecule has 1 N–H and O–H groups in total. The number of halogens is 2. The molecule has 0 saturated carbocycles. The van der Waals surface area contributed by atoms with Crippen molar-refractivity contribution in [2.75, 3.05) is 6.54 Å². The Bertz CT molecular complexity index is 326. The summed E-state index contributed by atoms with van der Waals surface area (Å²) in [6.45, 7) is 3.06. The summed E-state index contributed by atoms with van der Waals surface area (Å²) in [6, 6.07) is 1.86. The molecule has 3 nitrogen and oxygen atoms in total. The highest BCUT2D eigenvalue weighted by molar-refractivity contribution is 6.36. The Balaban J connectivity index is 2.39. The summed E-state index contributed by atoms with van der Waals surface area (Å²) in [5, 5.41) is 3.69. The van der Waals surface area contributed by atoms with Crippen LogP contribution in [0.15, 0.2) is 22.8 Å². The van der Waals surface area contributed by atoms with E-state index in [9.17, 15) is 0 Å². The number of hydrogen-bond acceptors (Lipinski definition) is 3. The Labute approximate surface area is 93.2 Å². The van der Waals surface area contributed by atoms with E-state index in [-0.39, 0.29) is 0 Å². The van der Waals surface area contributed by atoms with Gasteiger partial charge < -0.3 is 5.32 Å². The smallest absolute Gasteiger partial charge is 0.125 e. The number of hydrogen-bond donors (Lipinski definition) is 1. The van der Waals surface area contributed by atoms with Gasteiger partial charge in [0.2, 0.25) is 0 Å². The second-order valence-electron chi connectivity index (χ2n) is 2.75. The zero-order valence-electron chi connectivity index (χ0n) is 7.80. The van der Waals surface area contributed by atoms with Gasteiger partial charge in [0.1, 0.15) is 5.82 Å². The van der Waals surface area contributed by atoms with Gasteiger partial charge in [-0.15, -0.1) is 0 Å². The van der Waals surface area contributed by atoms with Crippen molar-refractivity contribution in [3.8, 4) is 0 Å². The van der Waals surface area contributed by atoms with Gasteiger partial charge in [0.05, 0.1) is 5.69 Å². The first-order chi connectivity index (χ1) is 6.72. The summed E-state index contributed by atoms with van der Waals surface area (Å²) in [7, 11) is 0. The van der Waals surface area contributed by atoms with Crippen molar-refractivity contribution in [3.63, 3.8) is 0 Å². The van der Waals surface area contributed by atoms with Crippen LogP contribution in [0.4, 0.5) is 0 Å². The van der Waals surface area contributed by atoms with Crippen molar-refractivity contribution in [1.29, 1.82) is 0 Å². The first-order valence-corrected chi connectivity index (χ1v) is 4.98. The predicted molar refractivity (Wildman–Crippen MR) is 58.3 cm³/mol. The Morgan fingerprint density at radius 1 is 1.64 bits per heavy atom. The molecule has 14 heavy (non-hydrogen) atoms. The molecule has 0 spiro atoms. The molecule has 0 aromatic carbocycles.